The zero-order chi connectivity index (χ0) is 15.2. The van der Waals surface area contributed by atoms with E-state index in [9.17, 15) is 9.59 Å². The molecule has 0 aliphatic carbocycles. The number of aromatic carboxylic acids is 1. The minimum atomic E-state index is -1.13. The second-order valence-corrected chi connectivity index (χ2v) is 5.58. The molecule has 2 rings (SSSR count). The van der Waals surface area contributed by atoms with Crippen LogP contribution < -0.4 is 10.6 Å². The van der Waals surface area contributed by atoms with Crippen LogP contribution in [0.1, 0.15) is 33.0 Å². The van der Waals surface area contributed by atoms with Crippen LogP contribution in [-0.4, -0.2) is 17.1 Å². The Kier molecular flexibility index (Phi) is 4.99. The molecule has 0 aromatic carbocycles. The highest BCUT2D eigenvalue weighted by Gasteiger charge is 2.09. The Balaban J connectivity index is 1.75. The van der Waals surface area contributed by atoms with Gasteiger partial charge in [0.15, 0.2) is 0 Å². The molecule has 3 N–H and O–H groups in total. The molecule has 0 radical (unpaired) electrons. The highest BCUT2D eigenvalue weighted by Crippen LogP contribution is 2.16. The largest absolute Gasteiger partial charge is 0.475 e. The summed E-state index contributed by atoms with van der Waals surface area (Å²) >= 11 is 1.67. The third-order valence-electron chi connectivity index (χ3n) is 2.78. The average Bonchev–Trinajstić information content (AvgIpc) is 3.11. The molecule has 2 heterocycles. The topological polar surface area (TPSA) is 91.6 Å². The van der Waals surface area contributed by atoms with Crippen LogP contribution in [-0.2, 0) is 19.5 Å². The van der Waals surface area contributed by atoms with Gasteiger partial charge in [-0.05, 0) is 30.7 Å². The third kappa shape index (κ3) is 4.35. The van der Waals surface area contributed by atoms with Gasteiger partial charge in [0.25, 0.3) is 0 Å². The minimum Gasteiger partial charge on any atom is -0.475 e. The minimum absolute atomic E-state index is 0.141. The Morgan fingerprint density at radius 2 is 1.86 bits per heavy atom. The fraction of sp³-hybridized carbons (Fsp3) is 0.286. The van der Waals surface area contributed by atoms with Gasteiger partial charge < -0.3 is 20.2 Å². The SMILES string of the molecule is CCc1ccc(CNC(=O)NCc2ccc(C(=O)O)o2)s1. The molecular weight excluding hydrogens is 292 g/mol. The lowest BCUT2D eigenvalue weighted by Crippen LogP contribution is -2.34. The molecule has 0 atom stereocenters. The number of carboxylic acids is 1. The number of nitrogens with one attached hydrogen (secondary N) is 2. The van der Waals surface area contributed by atoms with Crippen molar-refractivity contribution in [3.63, 3.8) is 0 Å². The first-order chi connectivity index (χ1) is 10.1. The molecule has 2 aromatic rings. The van der Waals surface area contributed by atoms with Gasteiger partial charge in [-0.25, -0.2) is 9.59 Å². The molecule has 112 valence electrons. The van der Waals surface area contributed by atoms with Crippen molar-refractivity contribution in [3.8, 4) is 0 Å². The quantitative estimate of drug-likeness (QED) is 0.765. The molecule has 0 aliphatic heterocycles. The van der Waals surface area contributed by atoms with E-state index >= 15 is 0 Å². The average molecular weight is 308 g/mol. The fourth-order valence-electron chi connectivity index (χ4n) is 1.69. The number of amides is 2. The molecule has 7 heteroatoms. The zero-order valence-corrected chi connectivity index (χ0v) is 12.3. The number of thiophene rings is 1. The first kappa shape index (κ1) is 15.1. The molecule has 0 saturated heterocycles. The van der Waals surface area contributed by atoms with Gasteiger partial charge in [0.05, 0.1) is 13.1 Å². The first-order valence-corrected chi connectivity index (χ1v) is 7.31. The lowest BCUT2D eigenvalue weighted by atomic mass is 10.4. The van der Waals surface area contributed by atoms with Crippen LogP contribution in [0.3, 0.4) is 0 Å². The number of carboxylic acid groups (broad SMARTS) is 1. The lowest BCUT2D eigenvalue weighted by Gasteiger charge is -2.05. The number of hydrogen-bond acceptors (Lipinski definition) is 4. The predicted octanol–water partition coefficient (Wildman–Crippen LogP) is 2.60. The Labute approximate surface area is 125 Å². The molecule has 0 spiro atoms. The summed E-state index contributed by atoms with van der Waals surface area (Å²) < 4.78 is 5.04. The second kappa shape index (κ2) is 6.94. The molecular formula is C14H16N2O4S. The summed E-state index contributed by atoms with van der Waals surface area (Å²) in [4.78, 5) is 24.6. The molecule has 0 unspecified atom stereocenters. The van der Waals surface area contributed by atoms with Gasteiger partial charge in [0.1, 0.15) is 5.76 Å². The predicted molar refractivity (Wildman–Crippen MR) is 78.4 cm³/mol. The first-order valence-electron chi connectivity index (χ1n) is 6.49. The van der Waals surface area contributed by atoms with E-state index in [0.717, 1.165) is 11.3 Å². The summed E-state index contributed by atoms with van der Waals surface area (Å²) in [5, 5.41) is 14.1. The number of hydrogen-bond donors (Lipinski definition) is 3. The maximum Gasteiger partial charge on any atom is 0.371 e. The molecule has 2 amide bonds. The summed E-state index contributed by atoms with van der Waals surface area (Å²) in [6.07, 6.45) is 0.987. The van der Waals surface area contributed by atoms with Crippen molar-refractivity contribution < 1.29 is 19.1 Å². The third-order valence-corrected chi connectivity index (χ3v) is 4.01. The van der Waals surface area contributed by atoms with Crippen molar-refractivity contribution in [2.75, 3.05) is 0 Å². The van der Waals surface area contributed by atoms with Gasteiger partial charge >= 0.3 is 12.0 Å². The van der Waals surface area contributed by atoms with E-state index in [0.29, 0.717) is 12.3 Å². The molecule has 0 saturated carbocycles. The van der Waals surface area contributed by atoms with Gasteiger partial charge in [-0.1, -0.05) is 6.92 Å². The number of carbonyl (C=O) groups excluding carboxylic acids is 1. The standard InChI is InChI=1S/C14H16N2O4S/c1-2-10-4-5-11(21-10)8-16-14(19)15-7-9-3-6-12(20-9)13(17)18/h3-6H,2,7-8H2,1H3,(H,17,18)(H2,15,16,19). The van der Waals surface area contributed by atoms with E-state index in [4.69, 9.17) is 9.52 Å². The van der Waals surface area contributed by atoms with E-state index in [2.05, 4.69) is 23.6 Å². The van der Waals surface area contributed by atoms with Crippen LogP contribution in [0.5, 0.6) is 0 Å². The Morgan fingerprint density at radius 3 is 2.48 bits per heavy atom. The van der Waals surface area contributed by atoms with Crippen molar-refractivity contribution in [2.24, 2.45) is 0 Å². The summed E-state index contributed by atoms with van der Waals surface area (Å²) in [6, 6.07) is 6.60. The molecule has 21 heavy (non-hydrogen) atoms. The highest BCUT2D eigenvalue weighted by atomic mass is 32.1. The summed E-state index contributed by atoms with van der Waals surface area (Å²) in [5.41, 5.74) is 0. The summed E-state index contributed by atoms with van der Waals surface area (Å²) in [7, 11) is 0. The normalized spacial score (nSPS) is 10.3. The van der Waals surface area contributed by atoms with Gasteiger partial charge in [0.2, 0.25) is 5.76 Å². The Bertz CT molecular complexity index is 632. The van der Waals surface area contributed by atoms with Crippen molar-refractivity contribution in [2.45, 2.75) is 26.4 Å². The van der Waals surface area contributed by atoms with Crippen LogP contribution in [0.25, 0.3) is 0 Å². The smallest absolute Gasteiger partial charge is 0.371 e. The van der Waals surface area contributed by atoms with E-state index in [1.54, 1.807) is 11.3 Å². The van der Waals surface area contributed by atoms with E-state index in [1.165, 1.54) is 17.0 Å². The van der Waals surface area contributed by atoms with Crippen LogP contribution in [0.15, 0.2) is 28.7 Å². The van der Waals surface area contributed by atoms with Crippen molar-refractivity contribution in [1.82, 2.24) is 10.6 Å². The number of aryl methyl sites for hydroxylation is 1. The van der Waals surface area contributed by atoms with E-state index in [-0.39, 0.29) is 18.3 Å². The van der Waals surface area contributed by atoms with Crippen LogP contribution >= 0.6 is 11.3 Å². The summed E-state index contributed by atoms with van der Waals surface area (Å²) in [6.45, 7) is 2.70. The van der Waals surface area contributed by atoms with Crippen LogP contribution in [0.2, 0.25) is 0 Å². The number of urea groups is 1. The van der Waals surface area contributed by atoms with Crippen molar-refractivity contribution in [1.29, 1.82) is 0 Å². The molecule has 0 fully saturated rings. The maximum atomic E-state index is 11.6. The molecule has 2 aromatic heterocycles. The van der Waals surface area contributed by atoms with Crippen molar-refractivity contribution >= 4 is 23.3 Å². The van der Waals surface area contributed by atoms with Gasteiger partial charge in [-0.15, -0.1) is 11.3 Å². The highest BCUT2D eigenvalue weighted by molar-refractivity contribution is 7.11. The lowest BCUT2D eigenvalue weighted by molar-refractivity contribution is 0.0660. The molecule has 6 nitrogen and oxygen atoms in total. The fourth-order valence-corrected chi connectivity index (χ4v) is 2.59. The zero-order valence-electron chi connectivity index (χ0n) is 11.5. The van der Waals surface area contributed by atoms with E-state index in [1.807, 2.05) is 6.07 Å². The molecule has 0 bridgehead atoms. The Morgan fingerprint density at radius 1 is 1.14 bits per heavy atom. The van der Waals surface area contributed by atoms with E-state index < -0.39 is 5.97 Å². The maximum absolute atomic E-state index is 11.6. The number of furan rings is 1. The number of carbonyl (C=O) groups is 2. The van der Waals surface area contributed by atoms with Crippen molar-refractivity contribution in [3.05, 3.63) is 45.5 Å². The van der Waals surface area contributed by atoms with Gasteiger partial charge in [-0.2, -0.15) is 0 Å². The van der Waals surface area contributed by atoms with Gasteiger partial charge in [0, 0.05) is 9.75 Å². The summed E-state index contributed by atoms with van der Waals surface area (Å²) in [5.74, 6) is -0.875. The molecule has 0 aliphatic rings. The monoisotopic (exact) mass is 308 g/mol. The van der Waals surface area contributed by atoms with Crippen LogP contribution in [0, 0.1) is 0 Å². The van der Waals surface area contributed by atoms with Gasteiger partial charge in [-0.3, -0.25) is 0 Å². The second-order valence-electron chi connectivity index (χ2n) is 4.33. The van der Waals surface area contributed by atoms with Crippen LogP contribution in [0.4, 0.5) is 4.79 Å². The number of rotatable bonds is 6. The Hall–Kier alpha value is -2.28.